The molecular weight excluding hydrogens is 188 g/mol. The number of hydrogen-bond acceptors (Lipinski definition) is 3. The first-order valence-electron chi connectivity index (χ1n) is 3.71. The molecule has 0 radical (unpaired) electrons. The van der Waals surface area contributed by atoms with Gasteiger partial charge in [-0.1, -0.05) is 30.0 Å². The minimum Gasteiger partial charge on any atom is -0.479 e. The lowest BCUT2D eigenvalue weighted by Gasteiger charge is -2.08. The fourth-order valence-electron chi connectivity index (χ4n) is 0.822. The third-order valence-electron chi connectivity index (χ3n) is 1.40. The van der Waals surface area contributed by atoms with Gasteiger partial charge in [0.25, 0.3) is 0 Å². The van der Waals surface area contributed by atoms with Gasteiger partial charge < -0.3 is 9.84 Å². The first kappa shape index (κ1) is 10.1. The predicted octanol–water partition coefficient (Wildman–Crippen LogP) is 1.84. The Labute approximate surface area is 80.7 Å². The van der Waals surface area contributed by atoms with Crippen LogP contribution in [0.3, 0.4) is 0 Å². The average molecular weight is 198 g/mol. The van der Waals surface area contributed by atoms with E-state index in [0.717, 1.165) is 4.90 Å². The van der Waals surface area contributed by atoms with E-state index in [0.29, 0.717) is 0 Å². The Morgan fingerprint density at radius 1 is 1.46 bits per heavy atom. The zero-order valence-corrected chi connectivity index (χ0v) is 7.95. The standard InChI is InChI=1S/C9H10O3S/c1-12-9(8(10)11)13-7-5-3-2-4-6-7/h2-6,9H,1H3,(H,10,11). The highest BCUT2D eigenvalue weighted by Gasteiger charge is 2.16. The van der Waals surface area contributed by atoms with Crippen molar-refractivity contribution < 1.29 is 14.6 Å². The van der Waals surface area contributed by atoms with Gasteiger partial charge in [0.2, 0.25) is 5.44 Å². The summed E-state index contributed by atoms with van der Waals surface area (Å²) >= 11 is 1.18. The molecule has 1 aromatic carbocycles. The maximum Gasteiger partial charge on any atom is 0.343 e. The van der Waals surface area contributed by atoms with Crippen LogP contribution < -0.4 is 0 Å². The van der Waals surface area contributed by atoms with E-state index in [9.17, 15) is 4.79 Å². The van der Waals surface area contributed by atoms with Gasteiger partial charge in [0.15, 0.2) is 0 Å². The highest BCUT2D eigenvalue weighted by molar-refractivity contribution is 8.00. The number of benzene rings is 1. The van der Waals surface area contributed by atoms with Gasteiger partial charge in [-0.25, -0.2) is 4.79 Å². The van der Waals surface area contributed by atoms with Gasteiger partial charge >= 0.3 is 5.97 Å². The zero-order chi connectivity index (χ0) is 9.68. The van der Waals surface area contributed by atoms with E-state index in [1.54, 1.807) is 0 Å². The molecule has 0 amide bonds. The molecule has 13 heavy (non-hydrogen) atoms. The normalized spacial score (nSPS) is 12.4. The highest BCUT2D eigenvalue weighted by Crippen LogP contribution is 2.23. The van der Waals surface area contributed by atoms with Crippen LogP contribution in [0.5, 0.6) is 0 Å². The molecule has 0 aromatic heterocycles. The maximum absolute atomic E-state index is 10.6. The summed E-state index contributed by atoms with van der Waals surface area (Å²) in [6, 6.07) is 9.29. The van der Waals surface area contributed by atoms with Crippen molar-refractivity contribution in [3.8, 4) is 0 Å². The van der Waals surface area contributed by atoms with Crippen LogP contribution in [0.4, 0.5) is 0 Å². The summed E-state index contributed by atoms with van der Waals surface area (Å²) in [4.78, 5) is 11.5. The summed E-state index contributed by atoms with van der Waals surface area (Å²) < 4.78 is 4.78. The van der Waals surface area contributed by atoms with Crippen LogP contribution >= 0.6 is 11.8 Å². The molecular formula is C9H10O3S. The van der Waals surface area contributed by atoms with Crippen molar-refractivity contribution in [1.29, 1.82) is 0 Å². The molecule has 1 atom stereocenters. The van der Waals surface area contributed by atoms with E-state index in [1.807, 2.05) is 30.3 Å². The van der Waals surface area contributed by atoms with Gasteiger partial charge in [-0.2, -0.15) is 0 Å². The number of carboxylic acid groups (broad SMARTS) is 1. The number of ether oxygens (including phenoxy) is 1. The minimum atomic E-state index is -0.962. The smallest absolute Gasteiger partial charge is 0.343 e. The third kappa shape index (κ3) is 3.08. The summed E-state index contributed by atoms with van der Waals surface area (Å²) in [6.07, 6.45) is 0. The largest absolute Gasteiger partial charge is 0.479 e. The van der Waals surface area contributed by atoms with Gasteiger partial charge in [-0.05, 0) is 12.1 Å². The van der Waals surface area contributed by atoms with Crippen molar-refractivity contribution in [2.75, 3.05) is 7.11 Å². The van der Waals surface area contributed by atoms with Crippen molar-refractivity contribution in [3.05, 3.63) is 30.3 Å². The van der Waals surface area contributed by atoms with Crippen LogP contribution in [-0.2, 0) is 9.53 Å². The molecule has 1 unspecified atom stereocenters. The van der Waals surface area contributed by atoms with Gasteiger partial charge in [0.1, 0.15) is 0 Å². The monoisotopic (exact) mass is 198 g/mol. The van der Waals surface area contributed by atoms with Crippen molar-refractivity contribution in [2.24, 2.45) is 0 Å². The van der Waals surface area contributed by atoms with Gasteiger partial charge in [0.05, 0.1) is 0 Å². The molecule has 1 aromatic rings. The van der Waals surface area contributed by atoms with E-state index in [2.05, 4.69) is 0 Å². The Kier molecular flexibility index (Phi) is 3.79. The quantitative estimate of drug-likeness (QED) is 0.592. The minimum absolute atomic E-state index is 0.831. The van der Waals surface area contributed by atoms with Crippen molar-refractivity contribution in [3.63, 3.8) is 0 Å². The van der Waals surface area contributed by atoms with E-state index >= 15 is 0 Å². The number of rotatable bonds is 4. The van der Waals surface area contributed by atoms with Crippen LogP contribution in [0.1, 0.15) is 0 Å². The first-order valence-corrected chi connectivity index (χ1v) is 4.59. The molecule has 4 heteroatoms. The number of carboxylic acids is 1. The van der Waals surface area contributed by atoms with Crippen molar-refractivity contribution in [1.82, 2.24) is 0 Å². The highest BCUT2D eigenvalue weighted by atomic mass is 32.2. The number of carbonyl (C=O) groups is 1. The fraction of sp³-hybridized carbons (Fsp3) is 0.222. The molecule has 0 aliphatic carbocycles. The topological polar surface area (TPSA) is 46.5 Å². The van der Waals surface area contributed by atoms with Gasteiger partial charge in [0, 0.05) is 12.0 Å². The lowest BCUT2D eigenvalue weighted by Crippen LogP contribution is -2.17. The molecule has 1 rings (SSSR count). The third-order valence-corrected chi connectivity index (χ3v) is 2.55. The van der Waals surface area contributed by atoms with Crippen LogP contribution in [-0.4, -0.2) is 23.6 Å². The van der Waals surface area contributed by atoms with E-state index in [4.69, 9.17) is 9.84 Å². The Morgan fingerprint density at radius 2 is 2.08 bits per heavy atom. The van der Waals surface area contributed by atoms with Gasteiger partial charge in [-0.3, -0.25) is 0 Å². The molecule has 0 bridgehead atoms. The molecule has 0 spiro atoms. The number of methoxy groups -OCH3 is 1. The Hall–Kier alpha value is -1.00. The Bertz CT molecular complexity index is 273. The van der Waals surface area contributed by atoms with Crippen LogP contribution in [0.15, 0.2) is 35.2 Å². The van der Waals surface area contributed by atoms with Crippen LogP contribution in [0.25, 0.3) is 0 Å². The molecule has 1 N–H and O–H groups in total. The SMILES string of the molecule is COC(Sc1ccccc1)C(=O)O. The lowest BCUT2D eigenvalue weighted by atomic mass is 10.4. The molecule has 0 saturated heterocycles. The number of thioether (sulfide) groups is 1. The predicted molar refractivity (Wildman–Crippen MR) is 50.7 cm³/mol. The summed E-state index contributed by atoms with van der Waals surface area (Å²) in [5.74, 6) is -0.962. The lowest BCUT2D eigenvalue weighted by molar-refractivity contribution is -0.143. The molecule has 0 heterocycles. The number of hydrogen-bond donors (Lipinski definition) is 1. The molecule has 0 saturated carbocycles. The fourth-order valence-corrected chi connectivity index (χ4v) is 1.58. The molecule has 0 aliphatic rings. The van der Waals surface area contributed by atoms with Crippen molar-refractivity contribution >= 4 is 17.7 Å². The second-order valence-corrected chi connectivity index (χ2v) is 3.47. The van der Waals surface area contributed by atoms with Crippen LogP contribution in [0, 0.1) is 0 Å². The van der Waals surface area contributed by atoms with E-state index in [-0.39, 0.29) is 0 Å². The Morgan fingerprint density at radius 3 is 2.54 bits per heavy atom. The van der Waals surface area contributed by atoms with Gasteiger partial charge in [-0.15, -0.1) is 0 Å². The zero-order valence-electron chi connectivity index (χ0n) is 7.14. The molecule has 3 nitrogen and oxygen atoms in total. The summed E-state index contributed by atoms with van der Waals surface area (Å²) in [7, 11) is 1.38. The summed E-state index contributed by atoms with van der Waals surface area (Å²) in [5.41, 5.74) is -0.831. The van der Waals surface area contributed by atoms with Crippen LogP contribution in [0.2, 0.25) is 0 Å². The second kappa shape index (κ2) is 4.89. The summed E-state index contributed by atoms with van der Waals surface area (Å²) in [5, 5.41) is 8.69. The number of aliphatic carboxylic acids is 1. The molecule has 70 valence electrons. The van der Waals surface area contributed by atoms with E-state index in [1.165, 1.54) is 18.9 Å². The second-order valence-electron chi connectivity index (χ2n) is 2.34. The maximum atomic E-state index is 10.6. The average Bonchev–Trinajstić information content (AvgIpc) is 2.15. The molecule has 0 fully saturated rings. The van der Waals surface area contributed by atoms with E-state index < -0.39 is 11.4 Å². The summed E-state index contributed by atoms with van der Waals surface area (Å²) in [6.45, 7) is 0. The first-order chi connectivity index (χ1) is 6.24. The molecule has 0 aliphatic heterocycles. The Balaban J connectivity index is 2.62. The van der Waals surface area contributed by atoms with Crippen molar-refractivity contribution in [2.45, 2.75) is 10.3 Å².